The number of anilines is 2. The largest absolute Gasteiger partial charge is 0.434 e. The van der Waals surface area contributed by atoms with E-state index in [0.29, 0.717) is 13.1 Å². The van der Waals surface area contributed by atoms with Gasteiger partial charge in [-0.05, 0) is 31.0 Å². The molecule has 0 bridgehead atoms. The number of piperidine rings is 1. The molecule has 1 aliphatic heterocycles. The molecule has 0 spiro atoms. The minimum atomic E-state index is -4.80. The second-order valence-electron chi connectivity index (χ2n) is 6.90. The Morgan fingerprint density at radius 2 is 2.14 bits per heavy atom. The van der Waals surface area contributed by atoms with Crippen molar-refractivity contribution >= 4 is 28.4 Å². The van der Waals surface area contributed by atoms with Crippen LogP contribution in [0.25, 0.3) is 10.9 Å². The molecule has 3 aromatic rings. The SMILES string of the molecule is NC(=O)c1cnc(N2CCCC(Nc3ccc4[nH]ncc4c3)C2)nc1C(F)(F)F. The molecule has 1 aromatic carbocycles. The van der Waals surface area contributed by atoms with Crippen molar-refractivity contribution in [1.29, 1.82) is 0 Å². The van der Waals surface area contributed by atoms with E-state index in [9.17, 15) is 18.0 Å². The van der Waals surface area contributed by atoms with Crippen LogP contribution in [0.3, 0.4) is 0 Å². The maximum absolute atomic E-state index is 13.3. The average Bonchev–Trinajstić information content (AvgIpc) is 3.15. The number of nitrogens with two attached hydrogens (primary N) is 1. The lowest BCUT2D eigenvalue weighted by molar-refractivity contribution is -0.141. The van der Waals surface area contributed by atoms with Gasteiger partial charge in [0.1, 0.15) is 0 Å². The van der Waals surface area contributed by atoms with Gasteiger partial charge in [0.2, 0.25) is 5.95 Å². The fourth-order valence-electron chi connectivity index (χ4n) is 3.47. The molecule has 1 aliphatic rings. The number of hydrogen-bond acceptors (Lipinski definition) is 6. The molecule has 8 nitrogen and oxygen atoms in total. The topological polar surface area (TPSA) is 113 Å². The van der Waals surface area contributed by atoms with Crippen LogP contribution in [0.4, 0.5) is 24.8 Å². The summed E-state index contributed by atoms with van der Waals surface area (Å²) in [5, 5.41) is 11.2. The number of nitrogens with one attached hydrogen (secondary N) is 2. The van der Waals surface area contributed by atoms with Crippen LogP contribution in [0.5, 0.6) is 0 Å². The summed E-state index contributed by atoms with van der Waals surface area (Å²) in [7, 11) is 0. The van der Waals surface area contributed by atoms with Gasteiger partial charge in [-0.2, -0.15) is 18.3 Å². The van der Waals surface area contributed by atoms with Gasteiger partial charge in [0.25, 0.3) is 5.91 Å². The average molecular weight is 405 g/mol. The number of alkyl halides is 3. The molecule has 2 aromatic heterocycles. The molecule has 11 heteroatoms. The molecule has 29 heavy (non-hydrogen) atoms. The molecular formula is C18H18F3N7O. The van der Waals surface area contributed by atoms with E-state index in [1.54, 1.807) is 11.1 Å². The third-order valence-corrected chi connectivity index (χ3v) is 4.83. The van der Waals surface area contributed by atoms with Gasteiger partial charge >= 0.3 is 6.18 Å². The van der Waals surface area contributed by atoms with Crippen molar-refractivity contribution < 1.29 is 18.0 Å². The Morgan fingerprint density at radius 3 is 2.90 bits per heavy atom. The Kier molecular flexibility index (Phi) is 4.73. The molecule has 3 heterocycles. The Bertz CT molecular complexity index is 1050. The van der Waals surface area contributed by atoms with Crippen molar-refractivity contribution in [2.24, 2.45) is 5.73 Å². The zero-order valence-corrected chi connectivity index (χ0v) is 15.2. The minimum absolute atomic E-state index is 0.00172. The van der Waals surface area contributed by atoms with Crippen molar-refractivity contribution in [1.82, 2.24) is 20.2 Å². The van der Waals surface area contributed by atoms with E-state index in [1.165, 1.54) is 0 Å². The number of primary amides is 1. The Balaban J connectivity index is 1.54. The summed E-state index contributed by atoms with van der Waals surface area (Å²) in [5.74, 6) is -1.28. The third kappa shape index (κ3) is 3.93. The first kappa shape index (κ1) is 19.0. The van der Waals surface area contributed by atoms with E-state index in [2.05, 4.69) is 25.5 Å². The van der Waals surface area contributed by atoms with Crippen LogP contribution in [0.1, 0.15) is 28.9 Å². The molecule has 152 valence electrons. The number of aromatic amines is 1. The highest BCUT2D eigenvalue weighted by molar-refractivity contribution is 5.93. The predicted molar refractivity (Wildman–Crippen MR) is 101 cm³/mol. The van der Waals surface area contributed by atoms with Gasteiger partial charge in [-0.1, -0.05) is 0 Å². The van der Waals surface area contributed by atoms with Crippen LogP contribution in [-0.2, 0) is 6.18 Å². The second-order valence-corrected chi connectivity index (χ2v) is 6.90. The van der Waals surface area contributed by atoms with Gasteiger partial charge in [0, 0.05) is 36.4 Å². The standard InChI is InChI=1S/C18H18F3N7O/c19-18(20,21)15-13(16(22)29)8-23-17(26-15)28-5-1-2-12(9-28)25-11-3-4-14-10(6-11)7-24-27-14/h3-4,6-8,12,25H,1-2,5,9H2,(H2,22,29)(H,24,27). The number of carbonyl (C=O) groups excluding carboxylic acids is 1. The van der Waals surface area contributed by atoms with Crippen LogP contribution in [-0.4, -0.2) is 45.2 Å². The first-order valence-corrected chi connectivity index (χ1v) is 9.00. The summed E-state index contributed by atoms with van der Waals surface area (Å²) in [6.45, 7) is 0.947. The molecule has 1 unspecified atom stereocenters. The van der Waals surface area contributed by atoms with E-state index >= 15 is 0 Å². The first-order valence-electron chi connectivity index (χ1n) is 9.00. The van der Waals surface area contributed by atoms with Gasteiger partial charge in [0.05, 0.1) is 17.3 Å². The van der Waals surface area contributed by atoms with E-state index in [-0.39, 0.29) is 12.0 Å². The number of amides is 1. The van der Waals surface area contributed by atoms with E-state index in [4.69, 9.17) is 5.73 Å². The summed E-state index contributed by atoms with van der Waals surface area (Å²) in [6, 6.07) is 5.78. The van der Waals surface area contributed by atoms with E-state index in [1.807, 2.05) is 18.2 Å². The highest BCUT2D eigenvalue weighted by Gasteiger charge is 2.38. The molecule has 0 radical (unpaired) electrons. The fourth-order valence-corrected chi connectivity index (χ4v) is 3.47. The van der Waals surface area contributed by atoms with Crippen LogP contribution in [0, 0.1) is 0 Å². The van der Waals surface area contributed by atoms with Gasteiger partial charge in [0.15, 0.2) is 5.69 Å². The predicted octanol–water partition coefficient (Wildman–Crippen LogP) is 2.55. The number of benzene rings is 1. The number of carbonyl (C=O) groups is 1. The van der Waals surface area contributed by atoms with Gasteiger partial charge in [-0.15, -0.1) is 0 Å². The lowest BCUT2D eigenvalue weighted by Gasteiger charge is -2.34. The van der Waals surface area contributed by atoms with Crippen LogP contribution < -0.4 is 16.0 Å². The number of nitrogens with zero attached hydrogens (tertiary/aromatic N) is 4. The maximum atomic E-state index is 13.3. The Hall–Kier alpha value is -3.37. The third-order valence-electron chi connectivity index (χ3n) is 4.83. The maximum Gasteiger partial charge on any atom is 0.434 e. The monoisotopic (exact) mass is 405 g/mol. The highest BCUT2D eigenvalue weighted by atomic mass is 19.4. The summed E-state index contributed by atoms with van der Waals surface area (Å²) in [4.78, 5) is 20.5. The van der Waals surface area contributed by atoms with Gasteiger partial charge in [-0.25, -0.2) is 9.97 Å². The molecule has 4 N–H and O–H groups in total. The molecule has 1 amide bonds. The van der Waals surface area contributed by atoms with Crippen molar-refractivity contribution in [3.05, 3.63) is 41.9 Å². The summed E-state index contributed by atoms with van der Waals surface area (Å²) in [5.41, 5.74) is 4.80. The number of hydrogen-bond donors (Lipinski definition) is 3. The van der Waals surface area contributed by atoms with E-state index < -0.39 is 23.3 Å². The minimum Gasteiger partial charge on any atom is -0.381 e. The Labute approximate surface area is 163 Å². The molecule has 0 aliphatic carbocycles. The number of aromatic nitrogens is 4. The fraction of sp³-hybridized carbons (Fsp3) is 0.333. The molecule has 4 rings (SSSR count). The molecule has 1 saturated heterocycles. The first-order chi connectivity index (χ1) is 13.8. The lowest BCUT2D eigenvalue weighted by Crippen LogP contribution is -2.43. The molecule has 0 saturated carbocycles. The number of H-pyrrole nitrogens is 1. The van der Waals surface area contributed by atoms with Crippen molar-refractivity contribution in [2.75, 3.05) is 23.3 Å². The summed E-state index contributed by atoms with van der Waals surface area (Å²) >= 11 is 0. The Morgan fingerprint density at radius 1 is 1.31 bits per heavy atom. The van der Waals surface area contributed by atoms with Gasteiger partial charge < -0.3 is 16.0 Å². The highest BCUT2D eigenvalue weighted by Crippen LogP contribution is 2.31. The van der Waals surface area contributed by atoms with Crippen molar-refractivity contribution in [3.8, 4) is 0 Å². The molecule has 1 fully saturated rings. The summed E-state index contributed by atoms with van der Waals surface area (Å²) < 4.78 is 39.9. The molecular weight excluding hydrogens is 387 g/mol. The zero-order chi connectivity index (χ0) is 20.6. The quantitative estimate of drug-likeness (QED) is 0.615. The smallest absolute Gasteiger partial charge is 0.381 e. The van der Waals surface area contributed by atoms with Crippen LogP contribution in [0.2, 0.25) is 0 Å². The van der Waals surface area contributed by atoms with E-state index in [0.717, 1.165) is 35.6 Å². The van der Waals surface area contributed by atoms with Crippen molar-refractivity contribution in [2.45, 2.75) is 25.1 Å². The number of halogens is 3. The van der Waals surface area contributed by atoms with Crippen LogP contribution >= 0.6 is 0 Å². The number of rotatable bonds is 4. The molecule has 1 atom stereocenters. The van der Waals surface area contributed by atoms with Gasteiger partial charge in [-0.3, -0.25) is 9.89 Å². The lowest BCUT2D eigenvalue weighted by atomic mass is 10.1. The van der Waals surface area contributed by atoms with Crippen LogP contribution in [0.15, 0.2) is 30.6 Å². The summed E-state index contributed by atoms with van der Waals surface area (Å²) in [6.07, 6.45) is -0.618. The number of fused-ring (bicyclic) bond motifs is 1. The van der Waals surface area contributed by atoms with Crippen molar-refractivity contribution in [3.63, 3.8) is 0 Å². The second kappa shape index (κ2) is 7.22. The normalized spacial score (nSPS) is 17.5. The zero-order valence-electron chi connectivity index (χ0n) is 15.2.